The molecule has 0 saturated carbocycles. The van der Waals surface area contributed by atoms with Crippen molar-refractivity contribution in [3.63, 3.8) is 0 Å². The van der Waals surface area contributed by atoms with Crippen molar-refractivity contribution in [2.75, 3.05) is 0 Å². The number of nitrogens with zero attached hydrogens (tertiary/aromatic N) is 1. The molecule has 18 heavy (non-hydrogen) atoms. The van der Waals surface area contributed by atoms with Crippen molar-refractivity contribution in [3.8, 4) is 0 Å². The second kappa shape index (κ2) is 5.63. The summed E-state index contributed by atoms with van der Waals surface area (Å²) in [5.41, 5.74) is 0.611. The van der Waals surface area contributed by atoms with Crippen LogP contribution in [0.5, 0.6) is 0 Å². The van der Waals surface area contributed by atoms with Crippen LogP contribution in [0.2, 0.25) is 0 Å². The Bertz CT molecular complexity index is 542. The van der Waals surface area contributed by atoms with E-state index in [2.05, 4.69) is 26.2 Å². The minimum absolute atomic E-state index is 0.0583. The number of hydrogen-bond donors (Lipinski definition) is 1. The zero-order valence-corrected chi connectivity index (χ0v) is 11.8. The number of benzene rings is 1. The highest BCUT2D eigenvalue weighted by atomic mass is 79.9. The largest absolute Gasteiger partial charge is 0.444 e. The Balaban J connectivity index is 2.01. The van der Waals surface area contributed by atoms with E-state index >= 15 is 0 Å². The average Bonchev–Trinajstić information content (AvgIpc) is 2.77. The van der Waals surface area contributed by atoms with Gasteiger partial charge >= 0.3 is 0 Å². The quantitative estimate of drug-likeness (QED) is 0.934. The van der Waals surface area contributed by atoms with Crippen LogP contribution in [0.4, 0.5) is 4.39 Å². The van der Waals surface area contributed by atoms with E-state index in [4.69, 9.17) is 4.42 Å². The maximum Gasteiger partial charge on any atom is 0.211 e. The highest BCUT2D eigenvalue weighted by Crippen LogP contribution is 2.17. The molecule has 1 aromatic carbocycles. The molecule has 0 aliphatic rings. The van der Waals surface area contributed by atoms with Crippen molar-refractivity contribution in [1.29, 1.82) is 0 Å². The maximum absolute atomic E-state index is 13.5. The Morgan fingerprint density at radius 1 is 1.50 bits per heavy atom. The van der Waals surface area contributed by atoms with Crippen molar-refractivity contribution >= 4 is 15.9 Å². The molecule has 3 nitrogen and oxygen atoms in total. The van der Waals surface area contributed by atoms with Crippen LogP contribution in [-0.4, -0.2) is 4.98 Å². The molecule has 2 rings (SSSR count). The van der Waals surface area contributed by atoms with Gasteiger partial charge in [0.1, 0.15) is 11.6 Å². The van der Waals surface area contributed by atoms with Crippen molar-refractivity contribution in [2.24, 2.45) is 0 Å². The molecule has 1 unspecified atom stereocenters. The van der Waals surface area contributed by atoms with Crippen LogP contribution in [0, 0.1) is 12.7 Å². The minimum Gasteiger partial charge on any atom is -0.444 e. The summed E-state index contributed by atoms with van der Waals surface area (Å²) in [5, 5.41) is 3.18. The number of halogens is 2. The Morgan fingerprint density at radius 3 is 2.94 bits per heavy atom. The molecule has 1 heterocycles. The third kappa shape index (κ3) is 3.17. The van der Waals surface area contributed by atoms with Gasteiger partial charge in [-0.1, -0.05) is 15.9 Å². The van der Waals surface area contributed by atoms with E-state index in [9.17, 15) is 4.39 Å². The van der Waals surface area contributed by atoms with Gasteiger partial charge in [0, 0.05) is 16.6 Å². The monoisotopic (exact) mass is 312 g/mol. The SMILES string of the molecule is Cc1cnc(C(C)NCc2cc(Br)ccc2F)o1. The van der Waals surface area contributed by atoms with E-state index in [0.29, 0.717) is 18.0 Å². The predicted octanol–water partition coefficient (Wildman–Crippen LogP) is 3.74. The van der Waals surface area contributed by atoms with Gasteiger partial charge in [0.05, 0.1) is 12.2 Å². The van der Waals surface area contributed by atoms with E-state index in [1.165, 1.54) is 6.07 Å². The smallest absolute Gasteiger partial charge is 0.211 e. The summed E-state index contributed by atoms with van der Waals surface area (Å²) in [6, 6.07) is 4.83. The number of nitrogens with one attached hydrogen (secondary N) is 1. The predicted molar refractivity (Wildman–Crippen MR) is 70.6 cm³/mol. The van der Waals surface area contributed by atoms with E-state index in [0.717, 1.165) is 10.2 Å². The topological polar surface area (TPSA) is 38.1 Å². The summed E-state index contributed by atoms with van der Waals surface area (Å²) in [6.45, 7) is 4.20. The first-order valence-electron chi connectivity index (χ1n) is 5.66. The highest BCUT2D eigenvalue weighted by Gasteiger charge is 2.11. The number of rotatable bonds is 4. The zero-order chi connectivity index (χ0) is 13.1. The molecule has 0 amide bonds. The Hall–Kier alpha value is -1.20. The fourth-order valence-electron chi connectivity index (χ4n) is 1.60. The number of hydrogen-bond acceptors (Lipinski definition) is 3. The molecular formula is C13H14BrFN2O. The normalized spacial score (nSPS) is 12.7. The van der Waals surface area contributed by atoms with Gasteiger partial charge in [-0.25, -0.2) is 9.37 Å². The van der Waals surface area contributed by atoms with Gasteiger partial charge in [0.15, 0.2) is 0 Å². The van der Waals surface area contributed by atoms with Gasteiger partial charge in [0.2, 0.25) is 5.89 Å². The van der Waals surface area contributed by atoms with Gasteiger partial charge in [-0.3, -0.25) is 0 Å². The molecule has 1 N–H and O–H groups in total. The number of aromatic nitrogens is 1. The molecule has 0 aliphatic heterocycles. The molecule has 1 aromatic heterocycles. The molecule has 5 heteroatoms. The lowest BCUT2D eigenvalue weighted by atomic mass is 10.2. The van der Waals surface area contributed by atoms with Crippen LogP contribution < -0.4 is 5.32 Å². The Kier molecular flexibility index (Phi) is 4.14. The molecule has 2 aromatic rings. The van der Waals surface area contributed by atoms with Crippen LogP contribution in [0.1, 0.15) is 30.2 Å². The molecule has 0 spiro atoms. The molecule has 0 saturated heterocycles. The molecule has 0 bridgehead atoms. The fourth-order valence-corrected chi connectivity index (χ4v) is 2.01. The summed E-state index contributed by atoms with van der Waals surface area (Å²) in [4.78, 5) is 4.14. The lowest BCUT2D eigenvalue weighted by Gasteiger charge is -2.11. The fraction of sp³-hybridized carbons (Fsp3) is 0.308. The first kappa shape index (κ1) is 13.2. The standard InChI is InChI=1S/C13H14BrFN2O/c1-8-6-17-13(18-8)9(2)16-7-10-5-11(14)3-4-12(10)15/h3-6,9,16H,7H2,1-2H3. The maximum atomic E-state index is 13.5. The van der Waals surface area contributed by atoms with Crippen molar-refractivity contribution in [1.82, 2.24) is 10.3 Å². The Morgan fingerprint density at radius 2 is 2.28 bits per heavy atom. The summed E-state index contributed by atoms with van der Waals surface area (Å²) in [7, 11) is 0. The van der Waals surface area contributed by atoms with Crippen LogP contribution in [0.25, 0.3) is 0 Å². The van der Waals surface area contributed by atoms with E-state index in [1.807, 2.05) is 13.8 Å². The molecule has 1 atom stereocenters. The summed E-state index contributed by atoms with van der Waals surface area (Å²) < 4.78 is 19.8. The van der Waals surface area contributed by atoms with E-state index < -0.39 is 0 Å². The van der Waals surface area contributed by atoms with Gasteiger partial charge in [-0.05, 0) is 32.0 Å². The van der Waals surface area contributed by atoms with Crippen molar-refractivity contribution in [3.05, 3.63) is 51.9 Å². The van der Waals surface area contributed by atoms with Crippen LogP contribution in [-0.2, 0) is 6.54 Å². The van der Waals surface area contributed by atoms with E-state index in [-0.39, 0.29) is 11.9 Å². The second-order valence-electron chi connectivity index (χ2n) is 4.15. The lowest BCUT2D eigenvalue weighted by Crippen LogP contribution is -2.19. The van der Waals surface area contributed by atoms with Crippen LogP contribution in [0.15, 0.2) is 33.3 Å². The zero-order valence-electron chi connectivity index (χ0n) is 10.2. The van der Waals surface area contributed by atoms with Crippen LogP contribution >= 0.6 is 15.9 Å². The molecular weight excluding hydrogens is 299 g/mol. The molecule has 96 valence electrons. The first-order chi connectivity index (χ1) is 8.56. The van der Waals surface area contributed by atoms with E-state index in [1.54, 1.807) is 18.3 Å². The Labute approximate surface area is 114 Å². The highest BCUT2D eigenvalue weighted by molar-refractivity contribution is 9.10. The molecule has 0 radical (unpaired) electrons. The first-order valence-corrected chi connectivity index (χ1v) is 6.45. The van der Waals surface area contributed by atoms with Crippen molar-refractivity contribution in [2.45, 2.75) is 26.4 Å². The van der Waals surface area contributed by atoms with Crippen molar-refractivity contribution < 1.29 is 8.81 Å². The third-order valence-electron chi connectivity index (χ3n) is 2.62. The second-order valence-corrected chi connectivity index (χ2v) is 5.06. The number of oxazole rings is 1. The van der Waals surface area contributed by atoms with Crippen LogP contribution in [0.3, 0.4) is 0 Å². The molecule has 0 aliphatic carbocycles. The molecule has 0 fully saturated rings. The third-order valence-corrected chi connectivity index (χ3v) is 3.11. The summed E-state index contributed by atoms with van der Waals surface area (Å²) in [6.07, 6.45) is 1.67. The summed E-state index contributed by atoms with van der Waals surface area (Å²) >= 11 is 3.33. The lowest BCUT2D eigenvalue weighted by molar-refractivity contribution is 0.400. The minimum atomic E-state index is -0.221. The van der Waals surface area contributed by atoms with Gasteiger partial charge in [0.25, 0.3) is 0 Å². The summed E-state index contributed by atoms with van der Waals surface area (Å²) in [5.74, 6) is 1.16. The van der Waals surface area contributed by atoms with Gasteiger partial charge in [-0.15, -0.1) is 0 Å². The average molecular weight is 313 g/mol. The van der Waals surface area contributed by atoms with Gasteiger partial charge in [-0.2, -0.15) is 0 Å². The van der Waals surface area contributed by atoms with Gasteiger partial charge < -0.3 is 9.73 Å². The number of aryl methyl sites for hydroxylation is 1.